The molecule has 0 bridgehead atoms. The van der Waals surface area contributed by atoms with E-state index in [2.05, 4.69) is 25.9 Å². The van der Waals surface area contributed by atoms with Crippen molar-refractivity contribution in [2.75, 3.05) is 5.32 Å². The van der Waals surface area contributed by atoms with Gasteiger partial charge in [-0.15, -0.1) is 5.10 Å². The summed E-state index contributed by atoms with van der Waals surface area (Å²) < 4.78 is 10.1. The molecular formula is C11H11N5O4. The van der Waals surface area contributed by atoms with Gasteiger partial charge in [-0.1, -0.05) is 5.10 Å². The van der Waals surface area contributed by atoms with Gasteiger partial charge in [0.15, 0.2) is 0 Å². The van der Waals surface area contributed by atoms with E-state index in [4.69, 9.17) is 9.15 Å². The number of esters is 1. The average molecular weight is 277 g/mol. The number of hydrogen-bond acceptors (Lipinski definition) is 7. The number of nitrogens with zero attached hydrogens (tertiary/aromatic N) is 3. The summed E-state index contributed by atoms with van der Waals surface area (Å²) >= 11 is 0. The summed E-state index contributed by atoms with van der Waals surface area (Å²) in [5.41, 5.74) is 0. The van der Waals surface area contributed by atoms with Crippen LogP contribution in [-0.2, 0) is 20.9 Å². The van der Waals surface area contributed by atoms with Crippen LogP contribution in [0.1, 0.15) is 18.4 Å². The summed E-state index contributed by atoms with van der Waals surface area (Å²) in [7, 11) is 0. The zero-order valence-electron chi connectivity index (χ0n) is 10.5. The van der Waals surface area contributed by atoms with Gasteiger partial charge < -0.3 is 9.15 Å². The highest BCUT2D eigenvalue weighted by molar-refractivity contribution is 6.00. The van der Waals surface area contributed by atoms with Crippen LogP contribution in [0.2, 0.25) is 0 Å². The van der Waals surface area contributed by atoms with Crippen LogP contribution in [0.4, 0.5) is 5.95 Å². The maximum Gasteiger partial charge on any atom is 0.303 e. The molecule has 0 atom stereocenters. The molecule has 20 heavy (non-hydrogen) atoms. The fourth-order valence-corrected chi connectivity index (χ4v) is 1.26. The van der Waals surface area contributed by atoms with E-state index in [-0.39, 0.29) is 12.6 Å². The van der Waals surface area contributed by atoms with Crippen LogP contribution in [0.5, 0.6) is 0 Å². The first-order valence-corrected chi connectivity index (χ1v) is 5.58. The molecule has 0 aliphatic rings. The monoisotopic (exact) mass is 277 g/mol. The number of aromatic nitrogens is 4. The van der Waals surface area contributed by atoms with E-state index in [1.165, 1.54) is 19.1 Å². The second kappa shape index (κ2) is 6.27. The van der Waals surface area contributed by atoms with Crippen molar-refractivity contribution in [3.63, 3.8) is 0 Å². The molecule has 0 saturated heterocycles. The number of ether oxygens (including phenoxy) is 1. The van der Waals surface area contributed by atoms with Crippen molar-refractivity contribution in [3.8, 4) is 0 Å². The minimum atomic E-state index is -0.427. The predicted octanol–water partition coefficient (Wildman–Crippen LogP) is 0.508. The largest absolute Gasteiger partial charge is 0.458 e. The lowest BCUT2D eigenvalue weighted by molar-refractivity contribution is -0.142. The Kier molecular flexibility index (Phi) is 4.22. The third-order valence-corrected chi connectivity index (χ3v) is 2.08. The van der Waals surface area contributed by atoms with Crippen LogP contribution in [-0.4, -0.2) is 32.5 Å². The second-order valence-corrected chi connectivity index (χ2v) is 3.64. The Morgan fingerprint density at radius 1 is 1.50 bits per heavy atom. The van der Waals surface area contributed by atoms with Gasteiger partial charge in [-0.3, -0.25) is 14.9 Å². The molecule has 1 amide bonds. The molecule has 0 spiro atoms. The molecule has 0 aliphatic heterocycles. The molecule has 2 rings (SSSR count). The van der Waals surface area contributed by atoms with E-state index in [9.17, 15) is 9.59 Å². The Hall–Kier alpha value is -2.97. The molecule has 2 N–H and O–H groups in total. The Morgan fingerprint density at radius 3 is 3.05 bits per heavy atom. The molecule has 2 aromatic heterocycles. The topological polar surface area (TPSA) is 123 Å². The van der Waals surface area contributed by atoms with Gasteiger partial charge in [0.1, 0.15) is 18.1 Å². The molecule has 0 aliphatic carbocycles. The molecule has 104 valence electrons. The summed E-state index contributed by atoms with van der Waals surface area (Å²) in [5, 5.41) is 15.0. The molecule has 9 nitrogen and oxygen atoms in total. The Bertz CT molecular complexity index is 617. The number of carbonyl (C=O) groups is 2. The van der Waals surface area contributed by atoms with Gasteiger partial charge in [-0.2, -0.15) is 5.21 Å². The van der Waals surface area contributed by atoms with Gasteiger partial charge in [0, 0.05) is 13.0 Å². The van der Waals surface area contributed by atoms with E-state index in [1.54, 1.807) is 12.1 Å². The fourth-order valence-electron chi connectivity index (χ4n) is 1.26. The lowest BCUT2D eigenvalue weighted by atomic mass is 10.4. The summed E-state index contributed by atoms with van der Waals surface area (Å²) in [5.74, 6) is 0.200. The number of hydrogen-bond donors (Lipinski definition) is 2. The highest BCUT2D eigenvalue weighted by Crippen LogP contribution is 2.10. The highest BCUT2D eigenvalue weighted by Gasteiger charge is 2.04. The number of tetrazole rings is 1. The van der Waals surface area contributed by atoms with E-state index in [0.29, 0.717) is 11.5 Å². The smallest absolute Gasteiger partial charge is 0.303 e. The van der Waals surface area contributed by atoms with E-state index < -0.39 is 11.9 Å². The van der Waals surface area contributed by atoms with Crippen LogP contribution < -0.4 is 5.32 Å². The third-order valence-electron chi connectivity index (χ3n) is 2.08. The first-order chi connectivity index (χ1) is 9.63. The number of nitrogens with one attached hydrogen (secondary N) is 2. The third kappa shape index (κ3) is 4.05. The number of amides is 1. The molecular weight excluding hydrogens is 266 g/mol. The van der Waals surface area contributed by atoms with Crippen molar-refractivity contribution in [1.82, 2.24) is 20.6 Å². The predicted molar refractivity (Wildman–Crippen MR) is 66.0 cm³/mol. The van der Waals surface area contributed by atoms with Crippen molar-refractivity contribution >= 4 is 23.9 Å². The quantitative estimate of drug-likeness (QED) is 0.602. The fraction of sp³-hybridized carbons (Fsp3) is 0.182. The van der Waals surface area contributed by atoms with Gasteiger partial charge in [0.2, 0.25) is 0 Å². The van der Waals surface area contributed by atoms with Gasteiger partial charge in [0.05, 0.1) is 0 Å². The zero-order valence-corrected chi connectivity index (χ0v) is 10.5. The molecule has 9 heteroatoms. The minimum Gasteiger partial charge on any atom is -0.458 e. The van der Waals surface area contributed by atoms with Crippen LogP contribution in [0.25, 0.3) is 6.08 Å². The summed E-state index contributed by atoms with van der Waals surface area (Å²) in [6.45, 7) is 1.37. The first kappa shape index (κ1) is 13.5. The number of carbonyl (C=O) groups excluding carboxylic acids is 2. The van der Waals surface area contributed by atoms with Gasteiger partial charge in [0.25, 0.3) is 11.9 Å². The highest BCUT2D eigenvalue weighted by atomic mass is 16.5. The first-order valence-electron chi connectivity index (χ1n) is 5.58. The van der Waals surface area contributed by atoms with Gasteiger partial charge in [-0.25, -0.2) is 0 Å². The zero-order chi connectivity index (χ0) is 14.4. The summed E-state index contributed by atoms with van der Waals surface area (Å²) in [4.78, 5) is 22.1. The number of furan rings is 1. The van der Waals surface area contributed by atoms with Crippen molar-refractivity contribution in [2.24, 2.45) is 0 Å². The minimum absolute atomic E-state index is 0.0538. The van der Waals surface area contributed by atoms with Gasteiger partial charge in [-0.05, 0) is 23.4 Å². The second-order valence-electron chi connectivity index (χ2n) is 3.64. The van der Waals surface area contributed by atoms with Crippen LogP contribution in [0.15, 0.2) is 22.6 Å². The Labute approximate surface area is 113 Å². The van der Waals surface area contributed by atoms with Crippen molar-refractivity contribution in [1.29, 1.82) is 0 Å². The van der Waals surface area contributed by atoms with Crippen LogP contribution in [0, 0.1) is 0 Å². The number of rotatable bonds is 5. The molecule has 0 aromatic carbocycles. The van der Waals surface area contributed by atoms with E-state index in [1.807, 2.05) is 0 Å². The van der Waals surface area contributed by atoms with Crippen molar-refractivity contribution in [3.05, 3.63) is 29.7 Å². The molecule has 0 radical (unpaired) electrons. The van der Waals surface area contributed by atoms with Crippen LogP contribution in [0.3, 0.4) is 0 Å². The summed E-state index contributed by atoms with van der Waals surface area (Å²) in [6.07, 6.45) is 2.72. The normalized spacial score (nSPS) is 10.7. The average Bonchev–Trinajstić information content (AvgIpc) is 3.05. The molecule has 0 unspecified atom stereocenters. The molecule has 2 heterocycles. The standard InChI is InChI=1S/C11H11N5O4/c1-7(17)19-6-9-3-2-8(20-9)4-5-10(18)12-11-13-15-16-14-11/h2-5H,6H2,1H3,(H2,12,13,14,15,16,18). The molecule has 2 aromatic rings. The maximum atomic E-state index is 11.5. The van der Waals surface area contributed by atoms with E-state index in [0.717, 1.165) is 0 Å². The number of H-pyrrole nitrogens is 1. The van der Waals surface area contributed by atoms with Crippen LogP contribution >= 0.6 is 0 Å². The lowest BCUT2D eigenvalue weighted by Gasteiger charge is -1.96. The van der Waals surface area contributed by atoms with E-state index >= 15 is 0 Å². The van der Waals surface area contributed by atoms with Crippen molar-refractivity contribution < 1.29 is 18.7 Å². The molecule has 0 fully saturated rings. The number of anilines is 1. The van der Waals surface area contributed by atoms with Crippen molar-refractivity contribution in [2.45, 2.75) is 13.5 Å². The Balaban J connectivity index is 1.87. The summed E-state index contributed by atoms with van der Waals surface area (Å²) in [6, 6.07) is 3.30. The number of aromatic amines is 1. The SMILES string of the molecule is CC(=O)OCc1ccc(C=CC(=O)Nc2nn[nH]n2)o1. The maximum absolute atomic E-state index is 11.5. The molecule has 0 saturated carbocycles. The van der Waals surface area contributed by atoms with Gasteiger partial charge >= 0.3 is 5.97 Å². The lowest BCUT2D eigenvalue weighted by Crippen LogP contribution is -2.09. The Morgan fingerprint density at radius 2 is 2.35 bits per heavy atom.